The molecular weight excluding hydrogens is 308 g/mol. The van der Waals surface area contributed by atoms with Crippen LogP contribution in [-0.2, 0) is 14.3 Å². The maximum Gasteiger partial charge on any atom is 0.313 e. The number of ether oxygens (including phenoxy) is 1. The highest BCUT2D eigenvalue weighted by Gasteiger charge is 2.19. The Labute approximate surface area is 141 Å². The molecule has 1 atom stereocenters. The van der Waals surface area contributed by atoms with Crippen LogP contribution in [0.4, 0.5) is 5.69 Å². The van der Waals surface area contributed by atoms with Crippen LogP contribution in [0.5, 0.6) is 0 Å². The van der Waals surface area contributed by atoms with E-state index in [4.69, 9.17) is 9.15 Å². The second-order valence-electron chi connectivity index (χ2n) is 5.68. The largest absolute Gasteiger partial charge is 0.467 e. The number of amides is 2. The molecule has 6 nitrogen and oxygen atoms in total. The van der Waals surface area contributed by atoms with Gasteiger partial charge in [-0.05, 0) is 44.0 Å². The molecule has 1 unspecified atom stereocenters. The van der Waals surface area contributed by atoms with E-state index < -0.39 is 17.9 Å². The molecule has 0 aliphatic heterocycles. The van der Waals surface area contributed by atoms with E-state index in [1.54, 1.807) is 12.1 Å². The standard InChI is InChI=1S/C18H22N2O4/c1-11-8-12(2)16(13(3)9-11)20-18(22)17(21)19-10-15(23-4)14-6-5-7-24-14/h5-9,15H,10H2,1-4H3,(H,19,21)(H,20,22). The lowest BCUT2D eigenvalue weighted by molar-refractivity contribution is -0.136. The van der Waals surface area contributed by atoms with Gasteiger partial charge in [-0.3, -0.25) is 9.59 Å². The van der Waals surface area contributed by atoms with E-state index in [-0.39, 0.29) is 6.54 Å². The number of anilines is 1. The molecule has 0 radical (unpaired) electrons. The van der Waals surface area contributed by atoms with Crippen LogP contribution < -0.4 is 10.6 Å². The molecule has 1 aromatic carbocycles. The summed E-state index contributed by atoms with van der Waals surface area (Å²) in [6, 6.07) is 7.40. The Morgan fingerprint density at radius 1 is 1.17 bits per heavy atom. The predicted molar refractivity (Wildman–Crippen MR) is 90.8 cm³/mol. The summed E-state index contributed by atoms with van der Waals surface area (Å²) >= 11 is 0. The molecule has 0 saturated carbocycles. The molecule has 2 aromatic rings. The lowest BCUT2D eigenvalue weighted by Crippen LogP contribution is -2.38. The van der Waals surface area contributed by atoms with Crippen molar-refractivity contribution in [3.05, 3.63) is 53.0 Å². The molecular formula is C18H22N2O4. The maximum absolute atomic E-state index is 12.1. The average molecular weight is 330 g/mol. The molecule has 24 heavy (non-hydrogen) atoms. The predicted octanol–water partition coefficient (Wildman–Crippen LogP) is 2.65. The molecule has 1 aromatic heterocycles. The van der Waals surface area contributed by atoms with Crippen LogP contribution in [-0.4, -0.2) is 25.5 Å². The lowest BCUT2D eigenvalue weighted by atomic mass is 10.1. The molecule has 2 rings (SSSR count). The van der Waals surface area contributed by atoms with E-state index in [0.29, 0.717) is 11.4 Å². The van der Waals surface area contributed by atoms with E-state index in [2.05, 4.69) is 10.6 Å². The second-order valence-corrected chi connectivity index (χ2v) is 5.68. The molecule has 0 saturated heterocycles. The number of carbonyl (C=O) groups is 2. The normalized spacial score (nSPS) is 11.8. The number of carbonyl (C=O) groups excluding carboxylic acids is 2. The maximum atomic E-state index is 12.1. The fourth-order valence-corrected chi connectivity index (χ4v) is 2.59. The summed E-state index contributed by atoms with van der Waals surface area (Å²) in [5, 5.41) is 5.22. The smallest absolute Gasteiger partial charge is 0.313 e. The third-order valence-electron chi connectivity index (χ3n) is 3.71. The molecule has 2 N–H and O–H groups in total. The van der Waals surface area contributed by atoms with Crippen molar-refractivity contribution in [2.24, 2.45) is 0 Å². The minimum Gasteiger partial charge on any atom is -0.467 e. The van der Waals surface area contributed by atoms with E-state index >= 15 is 0 Å². The molecule has 0 fully saturated rings. The van der Waals surface area contributed by atoms with Crippen LogP contribution in [0.25, 0.3) is 0 Å². The molecule has 1 heterocycles. The Bertz CT molecular complexity index is 700. The van der Waals surface area contributed by atoms with Gasteiger partial charge in [0.2, 0.25) is 0 Å². The van der Waals surface area contributed by atoms with Crippen molar-refractivity contribution in [3.8, 4) is 0 Å². The summed E-state index contributed by atoms with van der Waals surface area (Å²) in [7, 11) is 1.51. The summed E-state index contributed by atoms with van der Waals surface area (Å²) in [5.41, 5.74) is 3.60. The minimum absolute atomic E-state index is 0.141. The van der Waals surface area contributed by atoms with Crippen LogP contribution in [0.15, 0.2) is 34.9 Å². The van der Waals surface area contributed by atoms with Gasteiger partial charge in [0, 0.05) is 12.8 Å². The Morgan fingerprint density at radius 3 is 2.38 bits per heavy atom. The Kier molecular flexibility index (Phi) is 5.76. The molecule has 0 spiro atoms. The zero-order chi connectivity index (χ0) is 17.7. The summed E-state index contributed by atoms with van der Waals surface area (Å²) in [4.78, 5) is 24.1. The van der Waals surface area contributed by atoms with Crippen molar-refractivity contribution < 1.29 is 18.7 Å². The quantitative estimate of drug-likeness (QED) is 0.826. The average Bonchev–Trinajstić information content (AvgIpc) is 3.05. The Balaban J connectivity index is 1.97. The van der Waals surface area contributed by atoms with Crippen molar-refractivity contribution in [2.75, 3.05) is 19.0 Å². The number of furan rings is 1. The second kappa shape index (κ2) is 7.79. The van der Waals surface area contributed by atoms with E-state index in [0.717, 1.165) is 16.7 Å². The first-order valence-electron chi connectivity index (χ1n) is 7.65. The first-order chi connectivity index (χ1) is 11.4. The molecule has 0 aliphatic rings. The van der Waals surface area contributed by atoms with Crippen molar-refractivity contribution in [1.82, 2.24) is 5.32 Å². The summed E-state index contributed by atoms with van der Waals surface area (Å²) in [6.07, 6.45) is 1.08. The molecule has 2 amide bonds. The van der Waals surface area contributed by atoms with Crippen LogP contribution in [0.2, 0.25) is 0 Å². The number of aryl methyl sites for hydroxylation is 3. The van der Waals surface area contributed by atoms with Gasteiger partial charge in [-0.1, -0.05) is 17.7 Å². The van der Waals surface area contributed by atoms with Crippen molar-refractivity contribution in [3.63, 3.8) is 0 Å². The van der Waals surface area contributed by atoms with Crippen molar-refractivity contribution in [1.29, 1.82) is 0 Å². The summed E-state index contributed by atoms with van der Waals surface area (Å²) in [6.45, 7) is 5.91. The third kappa shape index (κ3) is 4.23. The van der Waals surface area contributed by atoms with Crippen molar-refractivity contribution >= 4 is 17.5 Å². The molecule has 0 bridgehead atoms. The van der Waals surface area contributed by atoms with E-state index in [1.807, 2.05) is 32.9 Å². The van der Waals surface area contributed by atoms with Crippen LogP contribution >= 0.6 is 0 Å². The van der Waals surface area contributed by atoms with Gasteiger partial charge in [0.1, 0.15) is 11.9 Å². The molecule has 0 aliphatic carbocycles. The number of benzene rings is 1. The zero-order valence-electron chi connectivity index (χ0n) is 14.3. The lowest BCUT2D eigenvalue weighted by Gasteiger charge is -2.15. The number of methoxy groups -OCH3 is 1. The number of hydrogen-bond donors (Lipinski definition) is 2. The summed E-state index contributed by atoms with van der Waals surface area (Å²) in [5.74, 6) is -0.842. The number of hydrogen-bond acceptors (Lipinski definition) is 4. The van der Waals surface area contributed by atoms with E-state index in [9.17, 15) is 9.59 Å². The SMILES string of the molecule is COC(CNC(=O)C(=O)Nc1c(C)cc(C)cc1C)c1ccco1. The highest BCUT2D eigenvalue weighted by atomic mass is 16.5. The van der Waals surface area contributed by atoms with Gasteiger partial charge in [-0.2, -0.15) is 0 Å². The van der Waals surface area contributed by atoms with Crippen LogP contribution in [0.3, 0.4) is 0 Å². The van der Waals surface area contributed by atoms with Crippen LogP contribution in [0, 0.1) is 20.8 Å². The Hall–Kier alpha value is -2.60. The van der Waals surface area contributed by atoms with Gasteiger partial charge in [0.05, 0.1) is 12.8 Å². The van der Waals surface area contributed by atoms with Gasteiger partial charge in [0.25, 0.3) is 0 Å². The van der Waals surface area contributed by atoms with E-state index in [1.165, 1.54) is 13.4 Å². The first kappa shape index (κ1) is 17.7. The van der Waals surface area contributed by atoms with Crippen LogP contribution in [0.1, 0.15) is 28.6 Å². The highest BCUT2D eigenvalue weighted by Crippen LogP contribution is 2.21. The van der Waals surface area contributed by atoms with Gasteiger partial charge in [0.15, 0.2) is 0 Å². The van der Waals surface area contributed by atoms with Gasteiger partial charge in [-0.15, -0.1) is 0 Å². The van der Waals surface area contributed by atoms with Gasteiger partial charge >= 0.3 is 11.8 Å². The fraction of sp³-hybridized carbons (Fsp3) is 0.333. The van der Waals surface area contributed by atoms with Gasteiger partial charge in [-0.25, -0.2) is 0 Å². The number of nitrogens with one attached hydrogen (secondary N) is 2. The molecule has 128 valence electrons. The topological polar surface area (TPSA) is 80.6 Å². The van der Waals surface area contributed by atoms with Gasteiger partial charge < -0.3 is 19.8 Å². The fourth-order valence-electron chi connectivity index (χ4n) is 2.59. The van der Waals surface area contributed by atoms with Crippen molar-refractivity contribution in [2.45, 2.75) is 26.9 Å². The third-order valence-corrected chi connectivity index (χ3v) is 3.71. The summed E-state index contributed by atoms with van der Waals surface area (Å²) < 4.78 is 10.5. The molecule has 6 heteroatoms. The highest BCUT2D eigenvalue weighted by molar-refractivity contribution is 6.39. The Morgan fingerprint density at radius 2 is 1.83 bits per heavy atom. The monoisotopic (exact) mass is 330 g/mol. The zero-order valence-corrected chi connectivity index (χ0v) is 14.3. The first-order valence-corrected chi connectivity index (χ1v) is 7.65. The number of rotatable bonds is 5. The minimum atomic E-state index is -0.719.